The van der Waals surface area contributed by atoms with Gasteiger partial charge in [0, 0.05) is 0 Å². The van der Waals surface area contributed by atoms with Crippen molar-refractivity contribution in [1.82, 2.24) is 0 Å². The zero-order valence-corrected chi connectivity index (χ0v) is 5.37. The third-order valence-corrected chi connectivity index (χ3v) is 0.628. The lowest BCUT2D eigenvalue weighted by molar-refractivity contribution is -0.173. The molecule has 2 atom stereocenters. The molecule has 2 N–H and O–H groups in total. The quantitative estimate of drug-likeness (QED) is 0.385. The van der Waals surface area contributed by atoms with E-state index in [0.29, 0.717) is 0 Å². The second kappa shape index (κ2) is 3.42. The van der Waals surface area contributed by atoms with E-state index in [1.807, 2.05) is 0 Å². The van der Waals surface area contributed by atoms with Crippen LogP contribution >= 0.6 is 0 Å². The highest BCUT2D eigenvalue weighted by Crippen LogP contribution is 1.89. The molecule has 0 saturated carbocycles. The third-order valence-electron chi connectivity index (χ3n) is 0.628. The van der Waals surface area contributed by atoms with E-state index in [0.717, 1.165) is 0 Å². The molecule has 0 aromatic heterocycles. The number of carbonyl (C=O) groups is 1. The van der Waals surface area contributed by atoms with Crippen LogP contribution in [0, 0.1) is 0 Å². The Morgan fingerprint density at radius 2 is 1.89 bits per heavy atom. The van der Waals surface area contributed by atoms with Gasteiger partial charge in [0.25, 0.3) is 0 Å². The predicted molar refractivity (Wildman–Crippen MR) is 29.5 cm³/mol. The summed E-state index contributed by atoms with van der Waals surface area (Å²) in [6.07, 6.45) is -2.31. The maximum absolute atomic E-state index is 10.3. The van der Waals surface area contributed by atoms with Gasteiger partial charge in [-0.05, 0) is 13.8 Å². The lowest BCUT2D eigenvalue weighted by Crippen LogP contribution is -2.23. The molecular formula is C5H10O4. The standard InChI is InChI=1S/C5H10O4/c1-3(6)5(8)9-4(2)7/h3-4,6-7H,1-2H3. The summed E-state index contributed by atoms with van der Waals surface area (Å²) >= 11 is 0. The number of hydrogen-bond acceptors (Lipinski definition) is 4. The average Bonchev–Trinajstić information content (AvgIpc) is 1.63. The molecule has 0 rings (SSSR count). The van der Waals surface area contributed by atoms with Crippen LogP contribution in [0.2, 0.25) is 0 Å². The number of carbonyl (C=O) groups excluding carboxylic acids is 1. The number of esters is 1. The Morgan fingerprint density at radius 3 is 2.00 bits per heavy atom. The van der Waals surface area contributed by atoms with Crippen LogP contribution in [0.25, 0.3) is 0 Å². The van der Waals surface area contributed by atoms with Crippen molar-refractivity contribution in [2.24, 2.45) is 0 Å². The normalized spacial score (nSPS) is 16.4. The number of rotatable bonds is 2. The fourth-order valence-electron chi connectivity index (χ4n) is 0.267. The molecule has 54 valence electrons. The predicted octanol–water partition coefficient (Wildman–Crippen LogP) is -0.751. The second-order valence-electron chi connectivity index (χ2n) is 1.71. The highest BCUT2D eigenvalue weighted by Gasteiger charge is 2.11. The Labute approximate surface area is 53.1 Å². The number of aliphatic hydroxyl groups excluding tert-OH is 2. The smallest absolute Gasteiger partial charge is 0.336 e. The third kappa shape index (κ3) is 3.93. The van der Waals surface area contributed by atoms with Crippen molar-refractivity contribution in [1.29, 1.82) is 0 Å². The summed E-state index contributed by atoms with van der Waals surface area (Å²) in [7, 11) is 0. The minimum absolute atomic E-state index is 0.815. The molecule has 0 aromatic rings. The fourth-order valence-corrected chi connectivity index (χ4v) is 0.267. The minimum Gasteiger partial charge on any atom is -0.434 e. The largest absolute Gasteiger partial charge is 0.434 e. The van der Waals surface area contributed by atoms with Gasteiger partial charge in [-0.2, -0.15) is 0 Å². The lowest BCUT2D eigenvalue weighted by Gasteiger charge is -2.07. The summed E-state index contributed by atoms with van der Waals surface area (Å²) < 4.78 is 4.18. The van der Waals surface area contributed by atoms with Gasteiger partial charge >= 0.3 is 5.97 Å². The van der Waals surface area contributed by atoms with Crippen molar-refractivity contribution in [3.8, 4) is 0 Å². The van der Waals surface area contributed by atoms with Crippen LogP contribution in [0.3, 0.4) is 0 Å². The van der Waals surface area contributed by atoms with E-state index >= 15 is 0 Å². The molecule has 2 unspecified atom stereocenters. The van der Waals surface area contributed by atoms with Crippen molar-refractivity contribution >= 4 is 5.97 Å². The molecule has 4 nitrogen and oxygen atoms in total. The Bertz CT molecular complexity index is 97.1. The van der Waals surface area contributed by atoms with Gasteiger partial charge < -0.3 is 14.9 Å². The molecule has 0 aliphatic carbocycles. The molecule has 0 aromatic carbocycles. The van der Waals surface area contributed by atoms with Crippen molar-refractivity contribution in [2.45, 2.75) is 26.2 Å². The van der Waals surface area contributed by atoms with Gasteiger partial charge in [0.2, 0.25) is 0 Å². The molecule has 0 aliphatic rings. The van der Waals surface area contributed by atoms with Gasteiger partial charge in [-0.25, -0.2) is 4.79 Å². The Kier molecular flexibility index (Phi) is 3.19. The van der Waals surface area contributed by atoms with Crippen LogP contribution < -0.4 is 0 Å². The molecule has 0 fully saturated rings. The molecule has 0 aliphatic heterocycles. The van der Waals surface area contributed by atoms with Gasteiger partial charge in [0.1, 0.15) is 6.10 Å². The topological polar surface area (TPSA) is 66.8 Å². The van der Waals surface area contributed by atoms with Gasteiger partial charge in [-0.1, -0.05) is 0 Å². The number of ether oxygens (including phenoxy) is 1. The maximum atomic E-state index is 10.3. The van der Waals surface area contributed by atoms with E-state index < -0.39 is 18.4 Å². The average molecular weight is 134 g/mol. The Balaban J connectivity index is 3.51. The first-order valence-electron chi connectivity index (χ1n) is 2.60. The Morgan fingerprint density at radius 1 is 1.44 bits per heavy atom. The second-order valence-corrected chi connectivity index (χ2v) is 1.71. The van der Waals surface area contributed by atoms with E-state index in [1.165, 1.54) is 13.8 Å². The molecule has 0 saturated heterocycles. The van der Waals surface area contributed by atoms with Crippen molar-refractivity contribution in [2.75, 3.05) is 0 Å². The van der Waals surface area contributed by atoms with E-state index in [2.05, 4.69) is 4.74 Å². The first-order valence-corrected chi connectivity index (χ1v) is 2.60. The van der Waals surface area contributed by atoms with Gasteiger partial charge in [-0.3, -0.25) is 0 Å². The summed E-state index contributed by atoms with van der Waals surface area (Å²) in [5, 5.41) is 16.9. The van der Waals surface area contributed by atoms with Gasteiger partial charge in [0.05, 0.1) is 0 Å². The van der Waals surface area contributed by atoms with Crippen LogP contribution in [-0.2, 0) is 9.53 Å². The van der Waals surface area contributed by atoms with Crippen LogP contribution in [-0.4, -0.2) is 28.6 Å². The zero-order chi connectivity index (χ0) is 7.44. The van der Waals surface area contributed by atoms with Crippen LogP contribution in [0.5, 0.6) is 0 Å². The minimum atomic E-state index is -1.17. The van der Waals surface area contributed by atoms with Crippen LogP contribution in [0.4, 0.5) is 0 Å². The highest BCUT2D eigenvalue weighted by molar-refractivity contribution is 5.73. The first kappa shape index (κ1) is 8.39. The summed E-state index contributed by atoms with van der Waals surface area (Å²) in [5.74, 6) is -0.815. The molecular weight excluding hydrogens is 124 g/mol. The number of hydrogen-bond donors (Lipinski definition) is 2. The van der Waals surface area contributed by atoms with Crippen molar-refractivity contribution in [3.05, 3.63) is 0 Å². The molecule has 0 amide bonds. The fraction of sp³-hybridized carbons (Fsp3) is 0.800. The summed E-state index contributed by atoms with van der Waals surface area (Å²) in [4.78, 5) is 10.3. The zero-order valence-electron chi connectivity index (χ0n) is 5.37. The molecule has 0 bridgehead atoms. The maximum Gasteiger partial charge on any atom is 0.336 e. The molecule has 0 spiro atoms. The van der Waals surface area contributed by atoms with Gasteiger partial charge in [-0.15, -0.1) is 0 Å². The van der Waals surface area contributed by atoms with Crippen molar-refractivity contribution in [3.63, 3.8) is 0 Å². The lowest BCUT2D eigenvalue weighted by atomic mass is 10.4. The Hall–Kier alpha value is -0.610. The van der Waals surface area contributed by atoms with Crippen LogP contribution in [0.1, 0.15) is 13.8 Å². The van der Waals surface area contributed by atoms with Crippen molar-refractivity contribution < 1.29 is 19.7 Å². The van der Waals surface area contributed by atoms with Gasteiger partial charge in [0.15, 0.2) is 6.29 Å². The first-order chi connectivity index (χ1) is 4.04. The molecule has 0 radical (unpaired) electrons. The van der Waals surface area contributed by atoms with E-state index in [9.17, 15) is 4.79 Å². The SMILES string of the molecule is CC(O)OC(=O)C(C)O. The molecule has 0 heterocycles. The number of aliphatic hydroxyl groups is 2. The highest BCUT2D eigenvalue weighted by atomic mass is 16.6. The van der Waals surface area contributed by atoms with Crippen LogP contribution in [0.15, 0.2) is 0 Å². The summed E-state index contributed by atoms with van der Waals surface area (Å²) in [5.41, 5.74) is 0. The molecule has 9 heavy (non-hydrogen) atoms. The monoisotopic (exact) mass is 134 g/mol. The summed E-state index contributed by atoms with van der Waals surface area (Å²) in [6, 6.07) is 0. The van der Waals surface area contributed by atoms with E-state index in [1.54, 1.807) is 0 Å². The van der Waals surface area contributed by atoms with E-state index in [4.69, 9.17) is 10.2 Å². The summed E-state index contributed by atoms with van der Waals surface area (Å²) in [6.45, 7) is 2.56. The molecule has 4 heteroatoms. The van der Waals surface area contributed by atoms with E-state index in [-0.39, 0.29) is 0 Å².